The SMILES string of the molecule is C=CC(=O)OCC(O)COC(=O)C=C(C)C. The molecule has 0 bridgehead atoms. The summed E-state index contributed by atoms with van der Waals surface area (Å²) in [4.78, 5) is 21.6. The lowest BCUT2D eigenvalue weighted by Gasteiger charge is -2.10. The monoisotopic (exact) mass is 228 g/mol. The van der Waals surface area contributed by atoms with Crippen molar-refractivity contribution in [2.45, 2.75) is 20.0 Å². The summed E-state index contributed by atoms with van der Waals surface area (Å²) in [7, 11) is 0. The third-order valence-electron chi connectivity index (χ3n) is 1.41. The number of hydrogen-bond donors (Lipinski definition) is 1. The first-order chi connectivity index (χ1) is 7.45. The van der Waals surface area contributed by atoms with Crippen LogP contribution in [0.25, 0.3) is 0 Å². The molecular formula is C11H16O5. The largest absolute Gasteiger partial charge is 0.460 e. The number of hydrogen-bond acceptors (Lipinski definition) is 5. The summed E-state index contributed by atoms with van der Waals surface area (Å²) in [5, 5.41) is 9.27. The Morgan fingerprint density at radius 1 is 1.25 bits per heavy atom. The first kappa shape index (κ1) is 14.4. The zero-order chi connectivity index (χ0) is 12.6. The highest BCUT2D eigenvalue weighted by Gasteiger charge is 2.09. The molecule has 0 spiro atoms. The number of aliphatic hydroxyl groups is 1. The Hall–Kier alpha value is -1.62. The van der Waals surface area contributed by atoms with Crippen LogP contribution in [0.4, 0.5) is 0 Å². The average Bonchev–Trinajstić information content (AvgIpc) is 2.22. The molecule has 0 saturated heterocycles. The Kier molecular flexibility index (Phi) is 6.87. The maximum Gasteiger partial charge on any atom is 0.330 e. The molecule has 0 saturated carbocycles. The van der Waals surface area contributed by atoms with Gasteiger partial charge >= 0.3 is 11.9 Å². The van der Waals surface area contributed by atoms with E-state index in [0.717, 1.165) is 11.6 Å². The van der Waals surface area contributed by atoms with Gasteiger partial charge in [-0.05, 0) is 13.8 Å². The summed E-state index contributed by atoms with van der Waals surface area (Å²) in [6.45, 7) is 6.26. The van der Waals surface area contributed by atoms with Crippen LogP contribution in [0.15, 0.2) is 24.3 Å². The maximum atomic E-state index is 11.0. The quantitative estimate of drug-likeness (QED) is 0.532. The van der Waals surface area contributed by atoms with Gasteiger partial charge in [-0.1, -0.05) is 12.2 Å². The van der Waals surface area contributed by atoms with Crippen molar-refractivity contribution in [1.82, 2.24) is 0 Å². The van der Waals surface area contributed by atoms with E-state index in [4.69, 9.17) is 4.74 Å². The molecule has 1 atom stereocenters. The molecule has 0 aromatic rings. The molecule has 1 N–H and O–H groups in total. The summed E-state index contributed by atoms with van der Waals surface area (Å²) >= 11 is 0. The molecular weight excluding hydrogens is 212 g/mol. The lowest BCUT2D eigenvalue weighted by atomic mass is 10.3. The van der Waals surface area contributed by atoms with Gasteiger partial charge in [-0.3, -0.25) is 0 Å². The fourth-order valence-corrected chi connectivity index (χ4v) is 0.741. The highest BCUT2D eigenvalue weighted by atomic mass is 16.6. The number of rotatable bonds is 6. The molecule has 0 aromatic heterocycles. The van der Waals surface area contributed by atoms with Gasteiger partial charge in [0.2, 0.25) is 0 Å². The summed E-state index contributed by atoms with van der Waals surface area (Å²) in [6.07, 6.45) is 1.27. The third kappa shape index (κ3) is 7.75. The minimum atomic E-state index is -1.03. The van der Waals surface area contributed by atoms with E-state index in [1.807, 2.05) is 0 Å². The molecule has 0 aliphatic carbocycles. The van der Waals surface area contributed by atoms with Crippen LogP contribution in [0.2, 0.25) is 0 Å². The van der Waals surface area contributed by atoms with Crippen molar-refractivity contribution in [3.05, 3.63) is 24.3 Å². The van der Waals surface area contributed by atoms with Gasteiger partial charge in [-0.2, -0.15) is 0 Å². The summed E-state index contributed by atoms with van der Waals surface area (Å²) in [5.41, 5.74) is 0.803. The third-order valence-corrected chi connectivity index (χ3v) is 1.41. The van der Waals surface area contributed by atoms with Crippen molar-refractivity contribution in [2.24, 2.45) is 0 Å². The van der Waals surface area contributed by atoms with Gasteiger partial charge in [0.15, 0.2) is 0 Å². The zero-order valence-corrected chi connectivity index (χ0v) is 9.43. The minimum absolute atomic E-state index is 0.215. The highest BCUT2D eigenvalue weighted by molar-refractivity contribution is 5.82. The fourth-order valence-electron chi connectivity index (χ4n) is 0.741. The molecule has 0 fully saturated rings. The van der Waals surface area contributed by atoms with E-state index in [9.17, 15) is 14.7 Å². The number of allylic oxidation sites excluding steroid dienone is 1. The van der Waals surface area contributed by atoms with Crippen LogP contribution in [0.3, 0.4) is 0 Å². The second-order valence-electron chi connectivity index (χ2n) is 3.34. The van der Waals surface area contributed by atoms with Crippen molar-refractivity contribution in [2.75, 3.05) is 13.2 Å². The van der Waals surface area contributed by atoms with Gasteiger partial charge in [0, 0.05) is 12.2 Å². The van der Waals surface area contributed by atoms with E-state index in [-0.39, 0.29) is 13.2 Å². The molecule has 0 aromatic carbocycles. The average molecular weight is 228 g/mol. The van der Waals surface area contributed by atoms with Crippen LogP contribution in [0.5, 0.6) is 0 Å². The fraction of sp³-hybridized carbons (Fsp3) is 0.455. The van der Waals surface area contributed by atoms with Crippen LogP contribution in [-0.4, -0.2) is 36.4 Å². The second kappa shape index (κ2) is 7.64. The first-order valence-electron chi connectivity index (χ1n) is 4.74. The topological polar surface area (TPSA) is 72.8 Å². The molecule has 5 nitrogen and oxygen atoms in total. The second-order valence-corrected chi connectivity index (χ2v) is 3.34. The molecule has 0 heterocycles. The van der Waals surface area contributed by atoms with Gasteiger partial charge in [0.25, 0.3) is 0 Å². The number of ether oxygens (including phenoxy) is 2. The molecule has 0 rings (SSSR count). The van der Waals surface area contributed by atoms with Gasteiger partial charge in [-0.25, -0.2) is 9.59 Å². The van der Waals surface area contributed by atoms with Gasteiger partial charge in [0.05, 0.1) is 0 Å². The van der Waals surface area contributed by atoms with Crippen molar-refractivity contribution in [3.63, 3.8) is 0 Å². The highest BCUT2D eigenvalue weighted by Crippen LogP contribution is 1.94. The van der Waals surface area contributed by atoms with Crippen LogP contribution in [0.1, 0.15) is 13.8 Å². The molecule has 5 heteroatoms. The van der Waals surface area contributed by atoms with Crippen molar-refractivity contribution in [3.8, 4) is 0 Å². The Bertz CT molecular complexity index is 289. The van der Waals surface area contributed by atoms with E-state index in [2.05, 4.69) is 11.3 Å². The van der Waals surface area contributed by atoms with Gasteiger partial charge in [-0.15, -0.1) is 0 Å². The van der Waals surface area contributed by atoms with E-state index in [0.29, 0.717) is 0 Å². The Balaban J connectivity index is 3.77. The van der Waals surface area contributed by atoms with Gasteiger partial charge in [0.1, 0.15) is 19.3 Å². The van der Waals surface area contributed by atoms with Crippen LogP contribution >= 0.6 is 0 Å². The molecule has 16 heavy (non-hydrogen) atoms. The Labute approximate surface area is 94.4 Å². The van der Waals surface area contributed by atoms with Crippen molar-refractivity contribution in [1.29, 1.82) is 0 Å². The van der Waals surface area contributed by atoms with Crippen LogP contribution in [0, 0.1) is 0 Å². The number of aliphatic hydroxyl groups excluding tert-OH is 1. The van der Waals surface area contributed by atoms with E-state index >= 15 is 0 Å². The smallest absolute Gasteiger partial charge is 0.330 e. The lowest BCUT2D eigenvalue weighted by molar-refractivity contribution is -0.146. The minimum Gasteiger partial charge on any atom is -0.460 e. The van der Waals surface area contributed by atoms with Crippen molar-refractivity contribution < 1.29 is 24.2 Å². The summed E-state index contributed by atoms with van der Waals surface area (Å²) in [6, 6.07) is 0. The number of carbonyl (C=O) groups excluding carboxylic acids is 2. The van der Waals surface area contributed by atoms with E-state index in [1.54, 1.807) is 13.8 Å². The molecule has 90 valence electrons. The molecule has 0 aliphatic rings. The number of carbonyl (C=O) groups is 2. The lowest BCUT2D eigenvalue weighted by Crippen LogP contribution is -2.24. The number of esters is 2. The molecule has 1 unspecified atom stereocenters. The molecule has 0 radical (unpaired) electrons. The van der Waals surface area contributed by atoms with Crippen molar-refractivity contribution >= 4 is 11.9 Å². The normalized spacial score (nSPS) is 11.2. The van der Waals surface area contributed by atoms with E-state index < -0.39 is 18.0 Å². The summed E-state index contributed by atoms with van der Waals surface area (Å²) in [5.74, 6) is -1.16. The zero-order valence-electron chi connectivity index (χ0n) is 9.43. The molecule has 0 aliphatic heterocycles. The van der Waals surface area contributed by atoms with E-state index in [1.165, 1.54) is 6.08 Å². The van der Waals surface area contributed by atoms with Crippen LogP contribution in [-0.2, 0) is 19.1 Å². The Morgan fingerprint density at radius 3 is 2.19 bits per heavy atom. The standard InChI is InChI=1S/C11H16O5/c1-4-10(13)15-6-9(12)7-16-11(14)5-8(2)3/h4-5,9,12H,1,6-7H2,2-3H3. The molecule has 0 amide bonds. The predicted molar refractivity (Wildman–Crippen MR) is 57.6 cm³/mol. The van der Waals surface area contributed by atoms with Gasteiger partial charge < -0.3 is 14.6 Å². The predicted octanol–water partition coefficient (Wildman–Crippen LogP) is 0.586. The first-order valence-corrected chi connectivity index (χ1v) is 4.74. The van der Waals surface area contributed by atoms with Crippen LogP contribution < -0.4 is 0 Å². The Morgan fingerprint density at radius 2 is 1.75 bits per heavy atom. The maximum absolute atomic E-state index is 11.0. The summed E-state index contributed by atoms with van der Waals surface area (Å²) < 4.78 is 9.25.